The highest BCUT2D eigenvalue weighted by Crippen LogP contribution is 2.23. The van der Waals surface area contributed by atoms with Crippen LogP contribution in [0.25, 0.3) is 22.7 Å². The van der Waals surface area contributed by atoms with Crippen LogP contribution in [0.4, 0.5) is 5.69 Å². The third-order valence-electron chi connectivity index (χ3n) is 3.05. The van der Waals surface area contributed by atoms with Crippen LogP contribution < -0.4 is 5.23 Å². The normalized spacial score (nSPS) is 11.4. The molecule has 6 nitrogen and oxygen atoms in total. The molecule has 3 aromatic rings. The second kappa shape index (κ2) is 5.69. The van der Waals surface area contributed by atoms with Gasteiger partial charge in [0.25, 0.3) is 0 Å². The second-order valence-corrected chi connectivity index (χ2v) is 4.52. The van der Waals surface area contributed by atoms with Crippen LogP contribution in [0.15, 0.2) is 52.9 Å². The van der Waals surface area contributed by atoms with E-state index in [9.17, 15) is 10.5 Å². The van der Waals surface area contributed by atoms with E-state index in [1.165, 1.54) is 18.2 Å². The first kappa shape index (κ1) is 13.8. The fourth-order valence-electron chi connectivity index (χ4n) is 2.03. The Balaban J connectivity index is 2.03. The van der Waals surface area contributed by atoms with E-state index >= 15 is 0 Å². The first-order valence-corrected chi connectivity index (χ1v) is 6.41. The van der Waals surface area contributed by atoms with Crippen molar-refractivity contribution in [3.63, 3.8) is 0 Å². The number of nitriles is 1. The number of hydrogen-bond donors (Lipinski definition) is 1. The molecule has 3 rings (SSSR count). The average molecular weight is 292 g/mol. The summed E-state index contributed by atoms with van der Waals surface area (Å²) < 4.78 is 5.55. The molecule has 1 aromatic heterocycles. The van der Waals surface area contributed by atoms with Gasteiger partial charge in [-0.15, -0.1) is 0 Å². The Kier molecular flexibility index (Phi) is 3.58. The smallest absolute Gasteiger partial charge is 0.238 e. The zero-order valence-electron chi connectivity index (χ0n) is 11.3. The third kappa shape index (κ3) is 2.67. The first-order valence-electron chi connectivity index (χ1n) is 6.41. The van der Waals surface area contributed by atoms with Crippen molar-refractivity contribution in [3.8, 4) is 6.07 Å². The van der Waals surface area contributed by atoms with Gasteiger partial charge in [-0.3, -0.25) is 5.21 Å². The lowest BCUT2D eigenvalue weighted by atomic mass is 10.1. The summed E-state index contributed by atoms with van der Waals surface area (Å²) in [6, 6.07) is 15.4. The molecule has 0 aliphatic rings. The van der Waals surface area contributed by atoms with E-state index in [1.807, 2.05) is 18.2 Å². The molecule has 0 unspecified atom stereocenters. The number of allylic oxidation sites excluding steroid dienone is 1. The predicted octanol–water partition coefficient (Wildman–Crippen LogP) is 3.59. The topological polar surface area (TPSA) is 96.4 Å². The molecule has 2 aromatic carbocycles. The monoisotopic (exact) mass is 292 g/mol. The summed E-state index contributed by atoms with van der Waals surface area (Å²) in [6.07, 6.45) is 1.54. The van der Waals surface area contributed by atoms with Crippen molar-refractivity contribution in [1.29, 1.82) is 5.26 Å². The van der Waals surface area contributed by atoms with E-state index in [1.54, 1.807) is 24.3 Å². The van der Waals surface area contributed by atoms with Crippen molar-refractivity contribution in [2.45, 2.75) is 0 Å². The van der Waals surface area contributed by atoms with Gasteiger partial charge < -0.3 is 14.9 Å². The number of fused-ring (bicyclic) bond motifs is 1. The van der Waals surface area contributed by atoms with E-state index in [4.69, 9.17) is 9.62 Å². The fourth-order valence-corrected chi connectivity index (χ4v) is 2.03. The van der Waals surface area contributed by atoms with Gasteiger partial charge in [-0.1, -0.05) is 24.3 Å². The van der Waals surface area contributed by atoms with Gasteiger partial charge in [0.2, 0.25) is 5.89 Å². The molecule has 22 heavy (non-hydrogen) atoms. The van der Waals surface area contributed by atoms with E-state index in [0.29, 0.717) is 16.7 Å². The molecule has 0 amide bonds. The molecule has 0 saturated carbocycles. The quantitative estimate of drug-likeness (QED) is 0.585. The first-order chi connectivity index (χ1) is 10.7. The lowest BCUT2D eigenvalue weighted by Crippen LogP contribution is -2.06. The molecule has 108 valence electrons. The van der Waals surface area contributed by atoms with Crippen molar-refractivity contribution in [3.05, 3.63) is 65.2 Å². The zero-order valence-corrected chi connectivity index (χ0v) is 11.3. The fraction of sp³-hybridized carbons (Fsp3) is 0. The largest absolute Gasteiger partial charge is 0.733 e. The lowest BCUT2D eigenvalue weighted by Gasteiger charge is -2.21. The van der Waals surface area contributed by atoms with Crippen LogP contribution in [0.2, 0.25) is 0 Å². The highest BCUT2D eigenvalue weighted by atomic mass is 16.8. The van der Waals surface area contributed by atoms with Crippen LogP contribution in [-0.2, 0) is 0 Å². The Morgan fingerprint density at radius 1 is 1.27 bits per heavy atom. The number of anilines is 1. The molecule has 0 aliphatic carbocycles. The van der Waals surface area contributed by atoms with Crippen LogP contribution in [0, 0.1) is 16.5 Å². The van der Waals surface area contributed by atoms with Gasteiger partial charge >= 0.3 is 0 Å². The molecule has 0 saturated heterocycles. The van der Waals surface area contributed by atoms with Gasteiger partial charge in [0.05, 0.1) is 5.69 Å². The summed E-state index contributed by atoms with van der Waals surface area (Å²) in [5.74, 6) is 0.206. The van der Waals surface area contributed by atoms with Crippen molar-refractivity contribution >= 4 is 28.4 Å². The summed E-state index contributed by atoms with van der Waals surface area (Å²) in [5.41, 5.74) is 2.13. The minimum Gasteiger partial charge on any atom is -0.733 e. The highest BCUT2D eigenvalue weighted by molar-refractivity contribution is 5.89. The summed E-state index contributed by atoms with van der Waals surface area (Å²) in [6.45, 7) is 0. The number of oxazole rings is 1. The highest BCUT2D eigenvalue weighted by Gasteiger charge is 2.10. The Hall–Kier alpha value is -3.14. The summed E-state index contributed by atoms with van der Waals surface area (Å²) in [7, 11) is 0. The average Bonchev–Trinajstić information content (AvgIpc) is 2.96. The predicted molar refractivity (Wildman–Crippen MR) is 81.6 cm³/mol. The molecule has 6 heteroatoms. The molecular formula is C16H10N3O3-. The molecule has 0 bridgehead atoms. The van der Waals surface area contributed by atoms with Crippen molar-refractivity contribution in [2.24, 2.45) is 0 Å². The van der Waals surface area contributed by atoms with E-state index < -0.39 is 0 Å². The van der Waals surface area contributed by atoms with Gasteiger partial charge in [0.1, 0.15) is 17.2 Å². The standard InChI is InChI=1S/C16H10N3O3/c17-10-12(8-11-4-3-5-13(9-11)19(20)21)16-18-14-6-1-2-7-15(14)22-16/h1-9,20H/q-1. The number of hydrogen-bond acceptors (Lipinski definition) is 6. The SMILES string of the molecule is N#CC(=Cc1cccc(N([O-])O)c1)c1nc2ccccc2o1. The number of rotatable bonds is 3. The molecule has 0 aliphatic heterocycles. The van der Waals surface area contributed by atoms with Gasteiger partial charge in [-0.05, 0) is 35.9 Å². The molecule has 1 heterocycles. The number of para-hydroxylation sites is 2. The Labute approximate surface area is 125 Å². The number of benzene rings is 2. The summed E-state index contributed by atoms with van der Waals surface area (Å²) in [4.78, 5) is 4.26. The Morgan fingerprint density at radius 3 is 2.82 bits per heavy atom. The minimum atomic E-state index is -0.233. The van der Waals surface area contributed by atoms with Gasteiger partial charge in [0, 0.05) is 0 Å². The van der Waals surface area contributed by atoms with Crippen molar-refractivity contribution in [2.75, 3.05) is 5.23 Å². The molecule has 1 N–H and O–H groups in total. The lowest BCUT2D eigenvalue weighted by molar-refractivity contribution is 0.296. The summed E-state index contributed by atoms with van der Waals surface area (Å²) >= 11 is 0. The van der Waals surface area contributed by atoms with E-state index in [2.05, 4.69) is 4.98 Å². The van der Waals surface area contributed by atoms with E-state index in [-0.39, 0.29) is 22.4 Å². The van der Waals surface area contributed by atoms with E-state index in [0.717, 1.165) is 0 Å². The van der Waals surface area contributed by atoms with Gasteiger partial charge in [0.15, 0.2) is 5.58 Å². The zero-order chi connectivity index (χ0) is 15.5. The third-order valence-corrected chi connectivity index (χ3v) is 3.05. The van der Waals surface area contributed by atoms with Crippen LogP contribution in [-0.4, -0.2) is 10.2 Å². The maximum Gasteiger partial charge on any atom is 0.238 e. The van der Waals surface area contributed by atoms with Crippen molar-refractivity contribution < 1.29 is 9.62 Å². The van der Waals surface area contributed by atoms with Crippen LogP contribution in [0.5, 0.6) is 0 Å². The minimum absolute atomic E-state index is 0.0728. The Bertz CT molecular complexity index is 858. The molecule has 0 atom stereocenters. The Morgan fingerprint density at radius 2 is 2.09 bits per heavy atom. The van der Waals surface area contributed by atoms with Gasteiger partial charge in [-0.2, -0.15) is 5.26 Å². The maximum atomic E-state index is 10.9. The number of nitrogens with zero attached hydrogens (tertiary/aromatic N) is 3. The van der Waals surface area contributed by atoms with Crippen molar-refractivity contribution in [1.82, 2.24) is 4.98 Å². The molecule has 0 radical (unpaired) electrons. The molecule has 0 fully saturated rings. The molecule has 0 spiro atoms. The van der Waals surface area contributed by atoms with Crippen LogP contribution >= 0.6 is 0 Å². The summed E-state index contributed by atoms with van der Waals surface area (Å²) in [5, 5.41) is 28.9. The number of aromatic nitrogens is 1. The van der Waals surface area contributed by atoms with Gasteiger partial charge in [-0.25, -0.2) is 4.98 Å². The van der Waals surface area contributed by atoms with Crippen LogP contribution in [0.1, 0.15) is 11.5 Å². The molecular weight excluding hydrogens is 282 g/mol. The van der Waals surface area contributed by atoms with Crippen LogP contribution in [0.3, 0.4) is 0 Å². The second-order valence-electron chi connectivity index (χ2n) is 4.52. The maximum absolute atomic E-state index is 10.9.